The molecule has 2 aromatic rings. The van der Waals surface area contributed by atoms with Crippen molar-refractivity contribution in [2.45, 2.75) is 18.8 Å². The van der Waals surface area contributed by atoms with Crippen LogP contribution in [-0.4, -0.2) is 65.2 Å². The molecule has 4 rings (SSSR count). The molecular formula is C18H22N4O2. The van der Waals surface area contributed by atoms with Crippen LogP contribution in [0.3, 0.4) is 0 Å². The molecule has 0 bridgehead atoms. The number of rotatable bonds is 1. The van der Waals surface area contributed by atoms with Crippen molar-refractivity contribution in [3.63, 3.8) is 0 Å². The van der Waals surface area contributed by atoms with Gasteiger partial charge in [0.2, 0.25) is 0 Å². The van der Waals surface area contributed by atoms with Crippen LogP contribution >= 0.6 is 0 Å². The van der Waals surface area contributed by atoms with E-state index in [1.54, 1.807) is 6.20 Å². The number of morpholine rings is 1. The van der Waals surface area contributed by atoms with Gasteiger partial charge in [-0.3, -0.25) is 0 Å². The number of urea groups is 1. The van der Waals surface area contributed by atoms with E-state index in [4.69, 9.17) is 9.72 Å². The van der Waals surface area contributed by atoms with Crippen LogP contribution in [0.5, 0.6) is 0 Å². The molecule has 2 aliphatic heterocycles. The van der Waals surface area contributed by atoms with Crippen molar-refractivity contribution >= 4 is 17.1 Å². The number of likely N-dealkylation sites (tertiary alicyclic amines) is 1. The maximum Gasteiger partial charge on any atom is 0.320 e. The van der Waals surface area contributed by atoms with Crippen molar-refractivity contribution in [3.8, 4) is 0 Å². The molecule has 0 spiro atoms. The monoisotopic (exact) mass is 326 g/mol. The third-order valence-corrected chi connectivity index (χ3v) is 4.95. The van der Waals surface area contributed by atoms with Crippen molar-refractivity contribution in [1.82, 2.24) is 19.8 Å². The number of pyridine rings is 2. The van der Waals surface area contributed by atoms with E-state index in [-0.39, 0.29) is 6.03 Å². The van der Waals surface area contributed by atoms with Crippen LogP contribution < -0.4 is 0 Å². The van der Waals surface area contributed by atoms with Crippen molar-refractivity contribution < 1.29 is 9.53 Å². The molecule has 2 amide bonds. The van der Waals surface area contributed by atoms with Gasteiger partial charge in [-0.05, 0) is 37.1 Å². The minimum absolute atomic E-state index is 0.157. The summed E-state index contributed by atoms with van der Waals surface area (Å²) in [5.41, 5.74) is 1.90. The first kappa shape index (κ1) is 15.3. The molecule has 2 aromatic heterocycles. The number of amides is 2. The summed E-state index contributed by atoms with van der Waals surface area (Å²) in [6.07, 6.45) is 3.70. The lowest BCUT2D eigenvalue weighted by Crippen LogP contribution is -2.50. The highest BCUT2D eigenvalue weighted by Gasteiger charge is 2.28. The molecule has 0 saturated carbocycles. The van der Waals surface area contributed by atoms with Gasteiger partial charge < -0.3 is 14.5 Å². The SMILES string of the molecule is O=C(N1CCOCC1)N1CCC(c2ccc3cccnc3n2)CC1. The quantitative estimate of drug-likeness (QED) is 0.806. The second-order valence-electron chi connectivity index (χ2n) is 6.43. The van der Waals surface area contributed by atoms with Gasteiger partial charge >= 0.3 is 6.03 Å². The normalized spacial score (nSPS) is 19.7. The number of fused-ring (bicyclic) bond motifs is 1. The second kappa shape index (κ2) is 6.73. The molecule has 6 nitrogen and oxygen atoms in total. The number of hydrogen-bond acceptors (Lipinski definition) is 4. The Bertz CT molecular complexity index is 722. The van der Waals surface area contributed by atoms with Gasteiger partial charge in [-0.1, -0.05) is 0 Å². The highest BCUT2D eigenvalue weighted by atomic mass is 16.5. The lowest BCUT2D eigenvalue weighted by Gasteiger charge is -2.37. The molecule has 2 fully saturated rings. The molecule has 0 unspecified atom stereocenters. The Morgan fingerprint density at radius 1 is 1.04 bits per heavy atom. The van der Waals surface area contributed by atoms with Gasteiger partial charge in [0, 0.05) is 49.4 Å². The Kier molecular flexibility index (Phi) is 4.30. The average Bonchev–Trinajstić information content (AvgIpc) is 2.68. The number of carbonyl (C=O) groups excluding carboxylic acids is 1. The number of carbonyl (C=O) groups is 1. The Balaban J connectivity index is 1.40. The summed E-state index contributed by atoms with van der Waals surface area (Å²) in [4.78, 5) is 25.5. The third-order valence-electron chi connectivity index (χ3n) is 4.95. The largest absolute Gasteiger partial charge is 0.378 e. The zero-order chi connectivity index (χ0) is 16.4. The van der Waals surface area contributed by atoms with E-state index in [1.807, 2.05) is 21.9 Å². The van der Waals surface area contributed by atoms with E-state index >= 15 is 0 Å². The van der Waals surface area contributed by atoms with Crippen LogP contribution in [0.15, 0.2) is 30.5 Å². The zero-order valence-corrected chi connectivity index (χ0v) is 13.7. The molecule has 0 aliphatic carbocycles. The van der Waals surface area contributed by atoms with Gasteiger partial charge in [0.15, 0.2) is 5.65 Å². The second-order valence-corrected chi connectivity index (χ2v) is 6.43. The molecule has 0 atom stereocenters. The van der Waals surface area contributed by atoms with Crippen molar-refractivity contribution in [3.05, 3.63) is 36.2 Å². The van der Waals surface area contributed by atoms with Gasteiger partial charge in [0.05, 0.1) is 13.2 Å². The average molecular weight is 326 g/mol. The lowest BCUT2D eigenvalue weighted by atomic mass is 9.93. The van der Waals surface area contributed by atoms with Crippen LogP contribution in [0.25, 0.3) is 11.0 Å². The molecular weight excluding hydrogens is 304 g/mol. The zero-order valence-electron chi connectivity index (χ0n) is 13.7. The molecule has 2 saturated heterocycles. The summed E-state index contributed by atoms with van der Waals surface area (Å²) in [6.45, 7) is 4.30. The van der Waals surface area contributed by atoms with Crippen LogP contribution in [0.1, 0.15) is 24.5 Å². The van der Waals surface area contributed by atoms with Crippen LogP contribution in [0.4, 0.5) is 4.79 Å². The summed E-state index contributed by atoms with van der Waals surface area (Å²) >= 11 is 0. The molecule has 0 aromatic carbocycles. The highest BCUT2D eigenvalue weighted by Crippen LogP contribution is 2.28. The maximum atomic E-state index is 12.5. The fourth-order valence-electron chi connectivity index (χ4n) is 3.52. The molecule has 24 heavy (non-hydrogen) atoms. The van der Waals surface area contributed by atoms with E-state index in [1.165, 1.54) is 0 Å². The first-order valence-corrected chi connectivity index (χ1v) is 8.64. The molecule has 0 radical (unpaired) electrons. The first-order valence-electron chi connectivity index (χ1n) is 8.64. The van der Waals surface area contributed by atoms with Crippen molar-refractivity contribution in [2.75, 3.05) is 39.4 Å². The van der Waals surface area contributed by atoms with Gasteiger partial charge in [-0.25, -0.2) is 14.8 Å². The summed E-state index contributed by atoms with van der Waals surface area (Å²) in [6, 6.07) is 8.32. The molecule has 0 N–H and O–H groups in total. The van der Waals surface area contributed by atoms with Crippen LogP contribution in [-0.2, 0) is 4.74 Å². The molecule has 4 heterocycles. The maximum absolute atomic E-state index is 12.5. The van der Waals surface area contributed by atoms with Crippen molar-refractivity contribution in [2.24, 2.45) is 0 Å². The van der Waals surface area contributed by atoms with Crippen molar-refractivity contribution in [1.29, 1.82) is 0 Å². The number of piperidine rings is 1. The summed E-state index contributed by atoms with van der Waals surface area (Å²) in [5, 5.41) is 1.07. The topological polar surface area (TPSA) is 58.6 Å². The number of aromatic nitrogens is 2. The van der Waals surface area contributed by atoms with Gasteiger partial charge in [-0.15, -0.1) is 0 Å². The smallest absolute Gasteiger partial charge is 0.320 e. The Labute approximate surface area is 141 Å². The summed E-state index contributed by atoms with van der Waals surface area (Å²) in [5.74, 6) is 0.408. The van der Waals surface area contributed by atoms with E-state index in [2.05, 4.69) is 17.1 Å². The third kappa shape index (κ3) is 3.06. The number of hydrogen-bond donors (Lipinski definition) is 0. The fraction of sp³-hybridized carbons (Fsp3) is 0.500. The molecule has 2 aliphatic rings. The number of ether oxygens (including phenoxy) is 1. The Morgan fingerprint density at radius 3 is 2.58 bits per heavy atom. The Hall–Kier alpha value is -2.21. The van der Waals surface area contributed by atoms with Gasteiger partial charge in [0.1, 0.15) is 0 Å². The minimum atomic E-state index is 0.157. The summed E-state index contributed by atoms with van der Waals surface area (Å²) < 4.78 is 5.32. The Morgan fingerprint density at radius 2 is 1.79 bits per heavy atom. The predicted octanol–water partition coefficient (Wildman–Crippen LogP) is 2.26. The van der Waals surface area contributed by atoms with Gasteiger partial charge in [0.25, 0.3) is 0 Å². The molecule has 126 valence electrons. The fourth-order valence-corrected chi connectivity index (χ4v) is 3.52. The standard InChI is InChI=1S/C18H22N4O2/c23-18(22-10-12-24-13-11-22)21-8-5-14(6-9-21)16-4-3-15-2-1-7-19-17(15)20-16/h1-4,7,14H,5-6,8-13H2. The predicted molar refractivity (Wildman–Crippen MR) is 90.9 cm³/mol. The first-order chi connectivity index (χ1) is 11.8. The number of nitrogens with zero attached hydrogens (tertiary/aromatic N) is 4. The van der Waals surface area contributed by atoms with Crippen LogP contribution in [0.2, 0.25) is 0 Å². The highest BCUT2D eigenvalue weighted by molar-refractivity contribution is 5.75. The van der Waals surface area contributed by atoms with E-state index < -0.39 is 0 Å². The van der Waals surface area contributed by atoms with E-state index in [9.17, 15) is 4.79 Å². The molecule has 6 heteroatoms. The van der Waals surface area contributed by atoms with Crippen LogP contribution in [0, 0.1) is 0 Å². The van der Waals surface area contributed by atoms with E-state index in [0.717, 1.165) is 42.7 Å². The minimum Gasteiger partial charge on any atom is -0.378 e. The summed E-state index contributed by atoms with van der Waals surface area (Å²) in [7, 11) is 0. The van der Waals surface area contributed by atoms with Gasteiger partial charge in [-0.2, -0.15) is 0 Å². The lowest BCUT2D eigenvalue weighted by molar-refractivity contribution is 0.0411. The van der Waals surface area contributed by atoms with E-state index in [0.29, 0.717) is 32.2 Å².